The average Bonchev–Trinajstić information content (AvgIpc) is 3.17. The molecule has 2 aromatic heterocycles. The quantitative estimate of drug-likeness (QED) is 0.676. The van der Waals surface area contributed by atoms with E-state index in [2.05, 4.69) is 11.2 Å². The van der Waals surface area contributed by atoms with E-state index >= 15 is 0 Å². The number of rotatable bonds is 3. The van der Waals surface area contributed by atoms with Gasteiger partial charge in [0, 0.05) is 30.9 Å². The number of aryl methyl sites for hydroxylation is 2. The van der Waals surface area contributed by atoms with Gasteiger partial charge in [-0.2, -0.15) is 0 Å². The minimum Gasteiger partial charge on any atom is -0.348 e. The zero-order valence-electron chi connectivity index (χ0n) is 16.2. The number of hydrogen-bond donors (Lipinski definition) is 1. The summed E-state index contributed by atoms with van der Waals surface area (Å²) in [6.45, 7) is 5.18. The minimum absolute atomic E-state index is 0.0199. The molecular weight excluding hydrogens is 390 g/mol. The Hall–Kier alpha value is -3.30. The van der Waals surface area contributed by atoms with Crippen LogP contribution < -0.4 is 16.3 Å². The van der Waals surface area contributed by atoms with Crippen molar-refractivity contribution in [1.29, 1.82) is 0 Å². The maximum absolute atomic E-state index is 12.9. The Morgan fingerprint density at radius 2 is 1.90 bits per heavy atom. The van der Waals surface area contributed by atoms with Crippen molar-refractivity contribution in [3.8, 4) is 12.3 Å². The van der Waals surface area contributed by atoms with Gasteiger partial charge in [0.25, 0.3) is 11.5 Å². The molecule has 1 aromatic carbocycles. The van der Waals surface area contributed by atoms with Crippen molar-refractivity contribution in [3.63, 3.8) is 0 Å². The Kier molecular flexibility index (Phi) is 5.90. The Labute approximate surface area is 172 Å². The van der Waals surface area contributed by atoms with Crippen molar-refractivity contribution < 1.29 is 4.79 Å². The van der Waals surface area contributed by atoms with E-state index in [9.17, 15) is 14.4 Å². The van der Waals surface area contributed by atoms with Crippen LogP contribution in [0.5, 0.6) is 0 Å². The summed E-state index contributed by atoms with van der Waals surface area (Å²) >= 11 is 5.85. The second-order valence-electron chi connectivity index (χ2n) is 6.27. The molecule has 0 saturated heterocycles. The zero-order chi connectivity index (χ0) is 21.1. The van der Waals surface area contributed by atoms with Crippen molar-refractivity contribution in [2.24, 2.45) is 0 Å². The number of pyridine rings is 2. The monoisotopic (exact) mass is 409 g/mol. The molecule has 148 valence electrons. The first-order valence-corrected chi connectivity index (χ1v) is 9.67. The lowest BCUT2D eigenvalue weighted by molar-refractivity contribution is 0.0949. The Bertz CT molecular complexity index is 1250. The first-order valence-electron chi connectivity index (χ1n) is 9.30. The molecule has 1 aliphatic rings. The average molecular weight is 410 g/mol. The third kappa shape index (κ3) is 3.69. The molecule has 7 heteroatoms. The van der Waals surface area contributed by atoms with Crippen molar-refractivity contribution in [3.05, 3.63) is 78.8 Å². The van der Waals surface area contributed by atoms with Gasteiger partial charge in [-0.25, -0.2) is 0 Å². The van der Waals surface area contributed by atoms with E-state index in [1.165, 1.54) is 16.8 Å². The van der Waals surface area contributed by atoms with Gasteiger partial charge in [-0.05, 0) is 23.8 Å². The molecular formula is C22H20ClN3O3. The molecule has 0 radical (unpaired) electrons. The molecule has 0 aliphatic carbocycles. The highest BCUT2D eigenvalue weighted by Gasteiger charge is 2.22. The molecule has 6 nitrogen and oxygen atoms in total. The van der Waals surface area contributed by atoms with Crippen LogP contribution in [0.15, 0.2) is 46.1 Å². The lowest BCUT2D eigenvalue weighted by Gasteiger charge is -2.10. The predicted molar refractivity (Wildman–Crippen MR) is 114 cm³/mol. The number of carbonyl (C=O) groups is 1. The molecule has 29 heavy (non-hydrogen) atoms. The van der Waals surface area contributed by atoms with Crippen molar-refractivity contribution >= 4 is 28.5 Å². The molecule has 1 N–H and O–H groups in total. The molecule has 3 aromatic rings. The Morgan fingerprint density at radius 1 is 1.21 bits per heavy atom. The first-order chi connectivity index (χ1) is 14.0. The molecule has 1 aliphatic heterocycles. The van der Waals surface area contributed by atoms with Crippen LogP contribution in [0.4, 0.5) is 0 Å². The maximum atomic E-state index is 12.9. The second-order valence-corrected chi connectivity index (χ2v) is 6.71. The summed E-state index contributed by atoms with van der Waals surface area (Å²) in [6, 6.07) is 8.46. The Morgan fingerprint density at radius 3 is 2.55 bits per heavy atom. The van der Waals surface area contributed by atoms with Crippen molar-refractivity contribution in [2.75, 3.05) is 0 Å². The first kappa shape index (κ1) is 20.4. The largest absolute Gasteiger partial charge is 0.348 e. The van der Waals surface area contributed by atoms with Gasteiger partial charge in [-0.15, -0.1) is 6.42 Å². The summed E-state index contributed by atoms with van der Waals surface area (Å²) in [6.07, 6.45) is 6.89. The van der Waals surface area contributed by atoms with Gasteiger partial charge in [0.1, 0.15) is 11.2 Å². The van der Waals surface area contributed by atoms with Crippen LogP contribution in [0.1, 0.15) is 35.3 Å². The lowest BCUT2D eigenvalue weighted by atomic mass is 10.1. The van der Waals surface area contributed by atoms with Gasteiger partial charge in [-0.3, -0.25) is 19.0 Å². The van der Waals surface area contributed by atoms with Crippen LogP contribution in [0, 0.1) is 12.3 Å². The zero-order valence-corrected chi connectivity index (χ0v) is 16.9. The number of nitrogens with one attached hydrogen (secondary N) is 1. The predicted octanol–water partition coefficient (Wildman–Crippen LogP) is 2.77. The highest BCUT2D eigenvalue weighted by atomic mass is 35.5. The summed E-state index contributed by atoms with van der Waals surface area (Å²) in [5, 5.41) is 3.63. The molecule has 1 amide bonds. The summed E-state index contributed by atoms with van der Waals surface area (Å²) in [5.74, 6) is 1.84. The number of halogens is 1. The molecule has 0 unspecified atom stereocenters. The number of nitrogens with zero attached hydrogens (tertiary/aromatic N) is 2. The highest BCUT2D eigenvalue weighted by molar-refractivity contribution is 6.30. The smallest absolute Gasteiger partial charge is 0.267 e. The van der Waals surface area contributed by atoms with E-state index in [0.717, 1.165) is 5.56 Å². The lowest BCUT2D eigenvalue weighted by Crippen LogP contribution is -2.30. The Balaban J connectivity index is 0.00000117. The van der Waals surface area contributed by atoms with Gasteiger partial charge in [0.15, 0.2) is 0 Å². The van der Waals surface area contributed by atoms with Gasteiger partial charge < -0.3 is 9.88 Å². The van der Waals surface area contributed by atoms with Crippen LogP contribution in [0.2, 0.25) is 5.02 Å². The highest BCUT2D eigenvalue weighted by Crippen LogP contribution is 2.17. The van der Waals surface area contributed by atoms with Crippen LogP contribution in [0.25, 0.3) is 11.0 Å². The van der Waals surface area contributed by atoms with E-state index in [0.29, 0.717) is 23.8 Å². The molecule has 4 rings (SSSR count). The van der Waals surface area contributed by atoms with E-state index in [1.807, 2.05) is 13.8 Å². The van der Waals surface area contributed by atoms with Gasteiger partial charge in [0.2, 0.25) is 5.43 Å². The fraction of sp³-hybridized carbons (Fsp3) is 0.227. The van der Waals surface area contributed by atoms with Gasteiger partial charge in [-0.1, -0.05) is 43.5 Å². The number of hydrogen-bond acceptors (Lipinski definition) is 3. The molecule has 0 saturated carbocycles. The topological polar surface area (TPSA) is 73.1 Å². The number of terminal acetylenes is 1. The van der Waals surface area contributed by atoms with E-state index in [4.69, 9.17) is 18.0 Å². The molecule has 0 atom stereocenters. The van der Waals surface area contributed by atoms with Gasteiger partial charge >= 0.3 is 0 Å². The standard InChI is InChI=1S/C20H14ClN3O3.C2H6/c1-2-13-9-15-17(25)16(11-23-7-8-24(19(15)23)20(13)27)18(26)22-10-12-3-5-14(21)6-4-12;1-2/h1,3-6,9,11H,7-8,10H2,(H,22,26);1-2H3. The molecule has 0 bridgehead atoms. The van der Waals surface area contributed by atoms with Crippen molar-refractivity contribution in [1.82, 2.24) is 14.5 Å². The van der Waals surface area contributed by atoms with E-state index in [-0.39, 0.29) is 28.6 Å². The van der Waals surface area contributed by atoms with Gasteiger partial charge in [0.05, 0.1) is 10.9 Å². The fourth-order valence-electron chi connectivity index (χ4n) is 3.29. The number of amides is 1. The molecule has 3 heterocycles. The summed E-state index contributed by atoms with van der Waals surface area (Å²) in [5.41, 5.74) is 0.760. The number of carbonyl (C=O) groups excluding carboxylic acids is 1. The van der Waals surface area contributed by atoms with Crippen molar-refractivity contribution in [2.45, 2.75) is 33.5 Å². The van der Waals surface area contributed by atoms with E-state index in [1.54, 1.807) is 28.8 Å². The minimum atomic E-state index is -0.479. The normalized spacial score (nSPS) is 11.5. The van der Waals surface area contributed by atoms with E-state index < -0.39 is 11.3 Å². The molecule has 0 spiro atoms. The number of benzene rings is 1. The third-order valence-corrected chi connectivity index (χ3v) is 4.89. The second kappa shape index (κ2) is 8.38. The van der Waals surface area contributed by atoms with Crippen LogP contribution in [-0.2, 0) is 19.6 Å². The third-order valence-electron chi connectivity index (χ3n) is 4.64. The summed E-state index contributed by atoms with van der Waals surface area (Å²) in [4.78, 5) is 37.8. The summed E-state index contributed by atoms with van der Waals surface area (Å²) in [7, 11) is 0. The maximum Gasteiger partial charge on any atom is 0.267 e. The van der Waals surface area contributed by atoms with Crippen LogP contribution in [-0.4, -0.2) is 15.0 Å². The van der Waals surface area contributed by atoms with Crippen LogP contribution in [0.3, 0.4) is 0 Å². The fourth-order valence-corrected chi connectivity index (χ4v) is 3.41. The number of aromatic nitrogens is 2. The SMILES string of the molecule is C#Cc1cc2c(=O)c(C(=O)NCc3ccc(Cl)cc3)cn3c2n(c1=O)CC3.CC. The molecule has 0 fully saturated rings. The van der Waals surface area contributed by atoms with Crippen LogP contribution >= 0.6 is 11.6 Å². The summed E-state index contributed by atoms with van der Waals surface area (Å²) < 4.78 is 3.23.